The third-order valence-electron chi connectivity index (χ3n) is 5.85. The molecule has 0 aromatic carbocycles. The van der Waals surface area contributed by atoms with E-state index in [1.807, 2.05) is 14.7 Å². The molecule has 2 aliphatic heterocycles. The predicted octanol–water partition coefficient (Wildman–Crippen LogP) is 1.04. The highest BCUT2D eigenvalue weighted by Crippen LogP contribution is 2.21. The third kappa shape index (κ3) is 4.44. The number of amides is 4. The second-order valence-electron chi connectivity index (χ2n) is 7.52. The first-order chi connectivity index (χ1) is 12.0. The Morgan fingerprint density at radius 1 is 0.760 bits per heavy atom. The molecular formula is C18H30N4O3. The van der Waals surface area contributed by atoms with Gasteiger partial charge in [0.1, 0.15) is 0 Å². The number of nitrogens with zero attached hydrogens (tertiary/aromatic N) is 3. The number of carbonyl (C=O) groups is 3. The topological polar surface area (TPSA) is 73.0 Å². The lowest BCUT2D eigenvalue weighted by atomic mass is 9.95. The van der Waals surface area contributed by atoms with E-state index in [2.05, 4.69) is 5.32 Å². The van der Waals surface area contributed by atoms with E-state index >= 15 is 0 Å². The fourth-order valence-electron chi connectivity index (χ4n) is 4.17. The molecule has 0 bridgehead atoms. The quantitative estimate of drug-likeness (QED) is 0.809. The number of hydrogen-bond acceptors (Lipinski definition) is 3. The molecular weight excluding hydrogens is 320 g/mol. The highest BCUT2D eigenvalue weighted by atomic mass is 16.2. The molecule has 0 unspecified atom stereocenters. The summed E-state index contributed by atoms with van der Waals surface area (Å²) in [6.07, 6.45) is 6.08. The Morgan fingerprint density at radius 3 is 1.88 bits per heavy atom. The molecule has 0 radical (unpaired) electrons. The molecule has 0 atom stereocenters. The molecule has 1 N–H and O–H groups in total. The Balaban J connectivity index is 1.41. The molecule has 4 amide bonds. The molecule has 7 nitrogen and oxygen atoms in total. The van der Waals surface area contributed by atoms with Gasteiger partial charge in [-0.15, -0.1) is 0 Å². The van der Waals surface area contributed by atoms with Gasteiger partial charge in [-0.25, -0.2) is 4.79 Å². The van der Waals surface area contributed by atoms with E-state index in [1.165, 1.54) is 12.8 Å². The van der Waals surface area contributed by atoms with E-state index in [9.17, 15) is 14.4 Å². The molecule has 3 fully saturated rings. The van der Waals surface area contributed by atoms with Crippen LogP contribution in [0.3, 0.4) is 0 Å². The maximum Gasteiger partial charge on any atom is 0.317 e. The van der Waals surface area contributed by atoms with Crippen molar-refractivity contribution in [2.24, 2.45) is 5.92 Å². The molecule has 7 heteroatoms. The third-order valence-corrected chi connectivity index (χ3v) is 5.85. The van der Waals surface area contributed by atoms with Crippen molar-refractivity contribution in [1.82, 2.24) is 20.0 Å². The summed E-state index contributed by atoms with van der Waals surface area (Å²) < 4.78 is 0. The number of piperidine rings is 1. The van der Waals surface area contributed by atoms with Crippen molar-refractivity contribution in [2.75, 3.05) is 39.3 Å². The lowest BCUT2D eigenvalue weighted by molar-refractivity contribution is -0.141. The first-order valence-corrected chi connectivity index (χ1v) is 9.64. The van der Waals surface area contributed by atoms with Gasteiger partial charge in [-0.3, -0.25) is 9.59 Å². The van der Waals surface area contributed by atoms with Crippen molar-refractivity contribution in [3.05, 3.63) is 0 Å². The molecule has 3 rings (SSSR count). The van der Waals surface area contributed by atoms with Gasteiger partial charge >= 0.3 is 6.03 Å². The van der Waals surface area contributed by atoms with Gasteiger partial charge in [0.2, 0.25) is 11.8 Å². The summed E-state index contributed by atoms with van der Waals surface area (Å²) in [7, 11) is 0. The van der Waals surface area contributed by atoms with Crippen LogP contribution in [-0.2, 0) is 9.59 Å². The second kappa shape index (κ2) is 8.06. The SMILES string of the molecule is CC(=O)N1CCC(C(=O)N2CCN(C(=O)NC3CCCC3)CC2)CC1. The summed E-state index contributed by atoms with van der Waals surface area (Å²) in [5.41, 5.74) is 0. The molecule has 0 aromatic heterocycles. The van der Waals surface area contributed by atoms with E-state index in [4.69, 9.17) is 0 Å². The standard InChI is InChI=1S/C18H30N4O3/c1-14(23)20-8-6-15(7-9-20)17(24)21-10-12-22(13-11-21)18(25)19-16-4-2-3-5-16/h15-16H,2-13H2,1H3,(H,19,25). The van der Waals surface area contributed by atoms with Crippen molar-refractivity contribution in [3.63, 3.8) is 0 Å². The van der Waals surface area contributed by atoms with E-state index in [0.717, 1.165) is 25.7 Å². The average molecular weight is 350 g/mol. The van der Waals surface area contributed by atoms with Gasteiger partial charge < -0.3 is 20.0 Å². The predicted molar refractivity (Wildman–Crippen MR) is 93.9 cm³/mol. The van der Waals surface area contributed by atoms with Gasteiger partial charge in [0.15, 0.2) is 0 Å². The summed E-state index contributed by atoms with van der Waals surface area (Å²) in [6.45, 7) is 5.38. The molecule has 25 heavy (non-hydrogen) atoms. The van der Waals surface area contributed by atoms with Crippen molar-refractivity contribution in [2.45, 2.75) is 51.5 Å². The average Bonchev–Trinajstić information content (AvgIpc) is 3.14. The van der Waals surface area contributed by atoms with E-state index in [0.29, 0.717) is 45.3 Å². The zero-order valence-electron chi connectivity index (χ0n) is 15.2. The fourth-order valence-corrected chi connectivity index (χ4v) is 4.17. The molecule has 1 aliphatic carbocycles. The van der Waals surface area contributed by atoms with Crippen molar-refractivity contribution >= 4 is 17.8 Å². The fraction of sp³-hybridized carbons (Fsp3) is 0.833. The molecule has 0 aromatic rings. The van der Waals surface area contributed by atoms with Crippen LogP contribution in [0.1, 0.15) is 45.4 Å². The number of likely N-dealkylation sites (tertiary alicyclic amines) is 1. The van der Waals surface area contributed by atoms with Crippen molar-refractivity contribution < 1.29 is 14.4 Å². The minimum absolute atomic E-state index is 0.0220. The normalized spacial score (nSPS) is 23.0. The minimum Gasteiger partial charge on any atom is -0.343 e. The second-order valence-corrected chi connectivity index (χ2v) is 7.52. The zero-order chi connectivity index (χ0) is 17.8. The van der Waals surface area contributed by atoms with Crippen LogP contribution in [0.5, 0.6) is 0 Å². The molecule has 1 saturated carbocycles. The Bertz CT molecular complexity index is 502. The Kier molecular flexibility index (Phi) is 5.81. The number of nitrogens with one attached hydrogen (secondary N) is 1. The molecule has 3 aliphatic rings. The minimum atomic E-state index is 0.0220. The van der Waals surface area contributed by atoms with Crippen molar-refractivity contribution in [3.8, 4) is 0 Å². The van der Waals surface area contributed by atoms with Crippen LogP contribution in [0.4, 0.5) is 4.79 Å². The Morgan fingerprint density at radius 2 is 1.32 bits per heavy atom. The molecule has 140 valence electrons. The maximum absolute atomic E-state index is 12.7. The molecule has 2 saturated heterocycles. The zero-order valence-corrected chi connectivity index (χ0v) is 15.2. The van der Waals surface area contributed by atoms with E-state index in [-0.39, 0.29) is 23.8 Å². The van der Waals surface area contributed by atoms with Gasteiger partial charge in [0, 0.05) is 58.2 Å². The lowest BCUT2D eigenvalue weighted by Gasteiger charge is -2.38. The van der Waals surface area contributed by atoms with Gasteiger partial charge in [0.25, 0.3) is 0 Å². The summed E-state index contributed by atoms with van der Waals surface area (Å²) in [4.78, 5) is 41.9. The van der Waals surface area contributed by atoms with Gasteiger partial charge in [-0.1, -0.05) is 12.8 Å². The highest BCUT2D eigenvalue weighted by molar-refractivity contribution is 5.80. The highest BCUT2D eigenvalue weighted by Gasteiger charge is 2.32. The molecule has 0 spiro atoms. The van der Waals surface area contributed by atoms with Crippen LogP contribution in [0.2, 0.25) is 0 Å². The monoisotopic (exact) mass is 350 g/mol. The number of piperazine rings is 1. The van der Waals surface area contributed by atoms with Crippen LogP contribution < -0.4 is 5.32 Å². The van der Waals surface area contributed by atoms with Crippen LogP contribution in [0.15, 0.2) is 0 Å². The lowest BCUT2D eigenvalue weighted by Crippen LogP contribution is -2.55. The smallest absolute Gasteiger partial charge is 0.317 e. The number of hydrogen-bond donors (Lipinski definition) is 1. The first-order valence-electron chi connectivity index (χ1n) is 9.64. The van der Waals surface area contributed by atoms with Crippen LogP contribution in [0, 0.1) is 5.92 Å². The maximum atomic E-state index is 12.7. The number of urea groups is 1. The van der Waals surface area contributed by atoms with Crippen molar-refractivity contribution in [1.29, 1.82) is 0 Å². The largest absolute Gasteiger partial charge is 0.343 e. The Hall–Kier alpha value is -1.79. The summed E-state index contributed by atoms with van der Waals surface area (Å²) in [5.74, 6) is 0.307. The van der Waals surface area contributed by atoms with Crippen LogP contribution in [-0.4, -0.2) is 77.9 Å². The summed E-state index contributed by atoms with van der Waals surface area (Å²) in [5, 5.41) is 3.12. The first kappa shape index (κ1) is 18.0. The van der Waals surface area contributed by atoms with Crippen LogP contribution in [0.25, 0.3) is 0 Å². The van der Waals surface area contributed by atoms with E-state index in [1.54, 1.807) is 6.92 Å². The summed E-state index contributed by atoms with van der Waals surface area (Å²) >= 11 is 0. The summed E-state index contributed by atoms with van der Waals surface area (Å²) in [6, 6.07) is 0.354. The van der Waals surface area contributed by atoms with E-state index < -0.39 is 0 Å². The molecule has 2 heterocycles. The number of rotatable bonds is 2. The van der Waals surface area contributed by atoms with Crippen LogP contribution >= 0.6 is 0 Å². The Labute approximate surface area is 149 Å². The van der Waals surface area contributed by atoms with Gasteiger partial charge in [-0.05, 0) is 25.7 Å². The number of carbonyl (C=O) groups excluding carboxylic acids is 3. The van der Waals surface area contributed by atoms with Gasteiger partial charge in [0.05, 0.1) is 0 Å². The van der Waals surface area contributed by atoms with Gasteiger partial charge in [-0.2, -0.15) is 0 Å².